The monoisotopic (exact) mass is 357 g/mol. The molecule has 0 spiro atoms. The molecule has 0 aliphatic carbocycles. The molecular weight excluding hydrogens is 341 g/mol. The maximum absolute atomic E-state index is 12.9. The summed E-state index contributed by atoms with van der Waals surface area (Å²) in [5.74, 6) is -0.366. The smallest absolute Gasteiger partial charge is 0.233 e. The number of halogens is 1. The van der Waals surface area contributed by atoms with Gasteiger partial charge in [-0.1, -0.05) is 47.0 Å². The fourth-order valence-corrected chi connectivity index (χ4v) is 4.29. The third-order valence-corrected chi connectivity index (χ3v) is 6.02. The molecule has 0 radical (unpaired) electrons. The van der Waals surface area contributed by atoms with Crippen LogP contribution < -0.4 is 5.32 Å². The van der Waals surface area contributed by atoms with Gasteiger partial charge in [-0.15, -0.1) is 10.2 Å². The highest BCUT2D eigenvalue weighted by molar-refractivity contribution is 8.03. The van der Waals surface area contributed by atoms with Gasteiger partial charge in [0, 0.05) is 0 Å². The van der Waals surface area contributed by atoms with Crippen molar-refractivity contribution in [2.75, 3.05) is 6.26 Å². The summed E-state index contributed by atoms with van der Waals surface area (Å²) in [6.45, 7) is 3.71. The third kappa shape index (κ3) is 4.69. The number of benzene rings is 1. The lowest BCUT2D eigenvalue weighted by Gasteiger charge is -2.17. The number of rotatable bonds is 6. The van der Waals surface area contributed by atoms with E-state index < -0.39 is 0 Å². The Morgan fingerprint density at radius 1 is 1.23 bits per heavy atom. The topological polar surface area (TPSA) is 54.9 Å². The van der Waals surface area contributed by atoms with E-state index >= 15 is 0 Å². The van der Waals surface area contributed by atoms with Crippen molar-refractivity contribution in [1.82, 2.24) is 15.5 Å². The number of thioether (sulfide) groups is 2. The minimum atomic E-state index is -0.285. The van der Waals surface area contributed by atoms with Crippen LogP contribution >= 0.6 is 34.9 Å². The van der Waals surface area contributed by atoms with Crippen molar-refractivity contribution < 1.29 is 9.18 Å². The second-order valence-electron chi connectivity index (χ2n) is 4.58. The minimum Gasteiger partial charge on any atom is -0.349 e. The van der Waals surface area contributed by atoms with Crippen LogP contribution in [0, 0.1) is 5.82 Å². The van der Waals surface area contributed by atoms with Gasteiger partial charge in [-0.05, 0) is 37.8 Å². The van der Waals surface area contributed by atoms with Crippen molar-refractivity contribution >= 4 is 40.8 Å². The SMILES string of the molecule is CSc1nnc(S[C@H](C)C(=O)N[C@@H](C)c2ccc(F)cc2)s1. The summed E-state index contributed by atoms with van der Waals surface area (Å²) in [4.78, 5) is 12.2. The number of hydrogen-bond acceptors (Lipinski definition) is 6. The molecule has 1 N–H and O–H groups in total. The summed E-state index contributed by atoms with van der Waals surface area (Å²) in [5, 5.41) is 10.7. The fraction of sp³-hybridized carbons (Fsp3) is 0.357. The third-order valence-electron chi connectivity index (χ3n) is 2.94. The highest BCUT2D eigenvalue weighted by Gasteiger charge is 2.19. The van der Waals surface area contributed by atoms with Crippen LogP contribution in [0.2, 0.25) is 0 Å². The summed E-state index contributed by atoms with van der Waals surface area (Å²) in [5.41, 5.74) is 0.868. The number of aromatic nitrogens is 2. The summed E-state index contributed by atoms with van der Waals surface area (Å²) < 4.78 is 14.6. The molecule has 1 amide bonds. The lowest BCUT2D eigenvalue weighted by Crippen LogP contribution is -2.33. The molecule has 0 saturated heterocycles. The minimum absolute atomic E-state index is 0.0808. The molecule has 1 aromatic heterocycles. The van der Waals surface area contributed by atoms with Gasteiger partial charge in [-0.3, -0.25) is 4.79 Å². The Balaban J connectivity index is 1.91. The highest BCUT2D eigenvalue weighted by Crippen LogP contribution is 2.30. The first-order valence-electron chi connectivity index (χ1n) is 6.59. The summed E-state index contributed by atoms with van der Waals surface area (Å²) in [6.07, 6.45) is 1.94. The molecule has 0 fully saturated rings. The predicted octanol–water partition coefficient (Wildman–Crippen LogP) is 3.76. The Kier molecular flexibility index (Phi) is 6.22. The lowest BCUT2D eigenvalue weighted by molar-refractivity contribution is -0.120. The summed E-state index contributed by atoms with van der Waals surface area (Å²) >= 11 is 4.40. The van der Waals surface area contributed by atoms with Crippen LogP contribution in [0.5, 0.6) is 0 Å². The van der Waals surface area contributed by atoms with Gasteiger partial charge >= 0.3 is 0 Å². The van der Waals surface area contributed by atoms with E-state index in [1.807, 2.05) is 20.1 Å². The number of nitrogens with zero attached hydrogens (tertiary/aromatic N) is 2. The molecule has 0 unspecified atom stereocenters. The Bertz CT molecular complexity index is 633. The van der Waals surface area contributed by atoms with Crippen LogP contribution in [0.3, 0.4) is 0 Å². The van der Waals surface area contributed by atoms with E-state index in [9.17, 15) is 9.18 Å². The molecule has 2 atom stereocenters. The molecule has 0 aliphatic rings. The van der Waals surface area contributed by atoms with Crippen LogP contribution in [-0.2, 0) is 4.79 Å². The maximum atomic E-state index is 12.9. The first-order valence-corrected chi connectivity index (χ1v) is 9.51. The van der Waals surface area contributed by atoms with E-state index in [0.717, 1.165) is 14.2 Å². The first kappa shape index (κ1) is 17.2. The molecule has 4 nitrogen and oxygen atoms in total. The van der Waals surface area contributed by atoms with Gasteiger partial charge in [0.05, 0.1) is 11.3 Å². The van der Waals surface area contributed by atoms with Crippen LogP contribution in [0.25, 0.3) is 0 Å². The first-order chi connectivity index (χ1) is 10.5. The van der Waals surface area contributed by atoms with Gasteiger partial charge in [0.1, 0.15) is 5.82 Å². The predicted molar refractivity (Wildman–Crippen MR) is 90.0 cm³/mol. The van der Waals surface area contributed by atoms with Gasteiger partial charge < -0.3 is 5.32 Å². The van der Waals surface area contributed by atoms with Gasteiger partial charge in [-0.2, -0.15) is 0 Å². The largest absolute Gasteiger partial charge is 0.349 e. The maximum Gasteiger partial charge on any atom is 0.233 e. The van der Waals surface area contributed by atoms with Crippen molar-refractivity contribution in [1.29, 1.82) is 0 Å². The summed E-state index contributed by atoms with van der Waals surface area (Å²) in [7, 11) is 0. The van der Waals surface area contributed by atoms with E-state index in [0.29, 0.717) is 0 Å². The van der Waals surface area contributed by atoms with Gasteiger partial charge in [0.25, 0.3) is 0 Å². The average Bonchev–Trinajstić information content (AvgIpc) is 2.95. The molecule has 8 heteroatoms. The average molecular weight is 358 g/mol. The van der Waals surface area contributed by atoms with E-state index in [2.05, 4.69) is 15.5 Å². The zero-order valence-electron chi connectivity index (χ0n) is 12.4. The van der Waals surface area contributed by atoms with Crippen molar-refractivity contribution in [2.24, 2.45) is 0 Å². The Morgan fingerprint density at radius 2 is 1.86 bits per heavy atom. The second-order valence-corrected chi connectivity index (χ2v) is 8.20. The molecule has 0 aliphatic heterocycles. The molecule has 1 heterocycles. The highest BCUT2D eigenvalue weighted by atomic mass is 32.2. The fourth-order valence-electron chi connectivity index (χ4n) is 1.70. The van der Waals surface area contributed by atoms with Crippen molar-refractivity contribution in [3.63, 3.8) is 0 Å². The molecule has 1 aromatic carbocycles. The van der Waals surface area contributed by atoms with E-state index in [1.54, 1.807) is 12.1 Å². The zero-order chi connectivity index (χ0) is 16.1. The zero-order valence-corrected chi connectivity index (χ0v) is 14.8. The molecule has 118 valence electrons. The van der Waals surface area contributed by atoms with E-state index in [-0.39, 0.29) is 23.0 Å². The van der Waals surface area contributed by atoms with Gasteiger partial charge in [0.15, 0.2) is 8.68 Å². The lowest BCUT2D eigenvalue weighted by atomic mass is 10.1. The van der Waals surface area contributed by atoms with E-state index in [4.69, 9.17) is 0 Å². The number of carbonyl (C=O) groups is 1. The van der Waals surface area contributed by atoms with Crippen molar-refractivity contribution in [2.45, 2.75) is 33.8 Å². The Morgan fingerprint density at radius 3 is 2.45 bits per heavy atom. The van der Waals surface area contributed by atoms with Crippen LogP contribution in [0.15, 0.2) is 32.9 Å². The molecule has 22 heavy (non-hydrogen) atoms. The van der Waals surface area contributed by atoms with Crippen LogP contribution in [0.1, 0.15) is 25.5 Å². The Hall–Kier alpha value is -1.12. The normalized spacial score (nSPS) is 13.6. The summed E-state index contributed by atoms with van der Waals surface area (Å²) in [6, 6.07) is 5.96. The van der Waals surface area contributed by atoms with Crippen LogP contribution in [0.4, 0.5) is 4.39 Å². The van der Waals surface area contributed by atoms with Crippen LogP contribution in [-0.4, -0.2) is 27.6 Å². The van der Waals surface area contributed by atoms with Gasteiger partial charge in [-0.25, -0.2) is 4.39 Å². The van der Waals surface area contributed by atoms with Crippen molar-refractivity contribution in [3.05, 3.63) is 35.6 Å². The number of carbonyl (C=O) groups excluding carboxylic acids is 1. The number of amides is 1. The number of hydrogen-bond donors (Lipinski definition) is 1. The quantitative estimate of drug-likeness (QED) is 0.798. The van der Waals surface area contributed by atoms with Gasteiger partial charge in [0.2, 0.25) is 5.91 Å². The Labute approximate surface area is 141 Å². The molecule has 0 bridgehead atoms. The molecule has 2 aromatic rings. The molecule has 2 rings (SSSR count). The number of nitrogens with one attached hydrogen (secondary N) is 1. The molecular formula is C14H16FN3OS3. The standard InChI is InChI=1S/C14H16FN3OS3/c1-8(10-4-6-11(15)7-5-10)16-12(19)9(2)21-14-18-17-13(20-3)22-14/h4-9H,1-3H3,(H,16,19)/t8-,9+/m0/s1. The van der Waals surface area contributed by atoms with Crippen molar-refractivity contribution in [3.8, 4) is 0 Å². The molecule has 0 saturated carbocycles. The van der Waals surface area contributed by atoms with E-state index in [1.165, 1.54) is 47.0 Å². The second kappa shape index (κ2) is 7.94.